The highest BCUT2D eigenvalue weighted by atomic mass is 19.1. The lowest BCUT2D eigenvalue weighted by atomic mass is 10.1. The number of hydrogen-bond donors (Lipinski definition) is 2. The standard InChI is InChI=1S/C21H19F2N3O/c1-12(13-4-6-15(7-5-13)26-21(27)14-2-3-14)25-18-10-11-24-20-17(23)9-8-16(22)19(18)20/h4-12,14H,2-3H2,1H3,(H,24,25)(H,26,27). The highest BCUT2D eigenvalue weighted by Crippen LogP contribution is 2.31. The van der Waals surface area contributed by atoms with Gasteiger partial charge in [0.15, 0.2) is 0 Å². The van der Waals surface area contributed by atoms with Gasteiger partial charge in [-0.15, -0.1) is 0 Å². The van der Waals surface area contributed by atoms with E-state index in [1.165, 1.54) is 6.20 Å². The fourth-order valence-corrected chi connectivity index (χ4v) is 3.08. The van der Waals surface area contributed by atoms with Gasteiger partial charge >= 0.3 is 0 Å². The second-order valence-electron chi connectivity index (χ2n) is 6.86. The maximum absolute atomic E-state index is 14.2. The van der Waals surface area contributed by atoms with E-state index < -0.39 is 11.6 Å². The van der Waals surface area contributed by atoms with Crippen molar-refractivity contribution in [3.05, 3.63) is 65.9 Å². The van der Waals surface area contributed by atoms with Gasteiger partial charge in [0.25, 0.3) is 0 Å². The van der Waals surface area contributed by atoms with Crippen molar-refractivity contribution >= 4 is 28.2 Å². The Hall–Kier alpha value is -3.02. The monoisotopic (exact) mass is 367 g/mol. The van der Waals surface area contributed by atoms with Crippen LogP contribution in [0.25, 0.3) is 10.9 Å². The Morgan fingerprint density at radius 3 is 2.48 bits per heavy atom. The first kappa shape index (κ1) is 17.4. The number of fused-ring (bicyclic) bond motifs is 1. The molecule has 27 heavy (non-hydrogen) atoms. The van der Waals surface area contributed by atoms with Crippen molar-refractivity contribution in [3.8, 4) is 0 Å². The lowest BCUT2D eigenvalue weighted by Crippen LogP contribution is -2.13. The largest absolute Gasteiger partial charge is 0.378 e. The molecule has 0 spiro atoms. The first-order chi connectivity index (χ1) is 13.0. The van der Waals surface area contributed by atoms with Crippen LogP contribution < -0.4 is 10.6 Å². The van der Waals surface area contributed by atoms with Gasteiger partial charge in [0, 0.05) is 29.5 Å². The normalized spacial score (nSPS) is 14.8. The molecule has 1 aliphatic carbocycles. The molecule has 0 bridgehead atoms. The summed E-state index contributed by atoms with van der Waals surface area (Å²) in [5.41, 5.74) is 2.20. The average Bonchev–Trinajstić information content (AvgIpc) is 3.51. The van der Waals surface area contributed by atoms with Crippen LogP contribution in [0, 0.1) is 17.6 Å². The van der Waals surface area contributed by atoms with Crippen molar-refractivity contribution in [1.82, 2.24) is 4.98 Å². The van der Waals surface area contributed by atoms with Gasteiger partial charge in [-0.2, -0.15) is 0 Å². The van der Waals surface area contributed by atoms with Crippen LogP contribution >= 0.6 is 0 Å². The molecule has 0 aliphatic heterocycles. The number of benzene rings is 2. The third-order valence-corrected chi connectivity index (χ3v) is 4.79. The minimum Gasteiger partial charge on any atom is -0.378 e. The Morgan fingerprint density at radius 2 is 1.78 bits per heavy atom. The van der Waals surface area contributed by atoms with Gasteiger partial charge < -0.3 is 10.6 Å². The molecule has 4 nitrogen and oxygen atoms in total. The summed E-state index contributed by atoms with van der Waals surface area (Å²) in [6.07, 6.45) is 3.38. The highest BCUT2D eigenvalue weighted by Gasteiger charge is 2.29. The molecule has 1 atom stereocenters. The van der Waals surface area contributed by atoms with Crippen molar-refractivity contribution in [2.45, 2.75) is 25.8 Å². The number of hydrogen-bond acceptors (Lipinski definition) is 3. The van der Waals surface area contributed by atoms with Crippen LogP contribution in [0.5, 0.6) is 0 Å². The zero-order valence-electron chi connectivity index (χ0n) is 14.8. The van der Waals surface area contributed by atoms with E-state index in [9.17, 15) is 13.6 Å². The summed E-state index contributed by atoms with van der Waals surface area (Å²) in [6, 6.07) is 11.2. The number of rotatable bonds is 5. The van der Waals surface area contributed by atoms with Crippen molar-refractivity contribution in [2.75, 3.05) is 10.6 Å². The Balaban J connectivity index is 1.54. The number of carbonyl (C=O) groups is 1. The molecule has 1 unspecified atom stereocenters. The van der Waals surface area contributed by atoms with Crippen molar-refractivity contribution in [1.29, 1.82) is 0 Å². The Morgan fingerprint density at radius 1 is 1.07 bits per heavy atom. The van der Waals surface area contributed by atoms with E-state index in [1.54, 1.807) is 6.07 Å². The molecule has 138 valence electrons. The molecule has 2 aromatic carbocycles. The van der Waals surface area contributed by atoms with Crippen LogP contribution in [0.1, 0.15) is 31.4 Å². The first-order valence-electron chi connectivity index (χ1n) is 8.93. The molecule has 1 saturated carbocycles. The minimum absolute atomic E-state index is 0.00494. The molecule has 1 fully saturated rings. The molecule has 0 radical (unpaired) electrons. The SMILES string of the molecule is CC(Nc1ccnc2c(F)ccc(F)c12)c1ccc(NC(=O)C2CC2)cc1. The fourth-order valence-electron chi connectivity index (χ4n) is 3.08. The number of aromatic nitrogens is 1. The fraction of sp³-hybridized carbons (Fsp3) is 0.238. The molecule has 1 aromatic heterocycles. The summed E-state index contributed by atoms with van der Waals surface area (Å²) in [5, 5.41) is 6.26. The zero-order valence-corrected chi connectivity index (χ0v) is 14.8. The van der Waals surface area contributed by atoms with E-state index in [1.807, 2.05) is 31.2 Å². The topological polar surface area (TPSA) is 54.0 Å². The van der Waals surface area contributed by atoms with Gasteiger partial charge in [-0.1, -0.05) is 12.1 Å². The van der Waals surface area contributed by atoms with E-state index >= 15 is 0 Å². The van der Waals surface area contributed by atoms with Crippen LogP contribution in [0.4, 0.5) is 20.2 Å². The first-order valence-corrected chi connectivity index (χ1v) is 8.93. The maximum Gasteiger partial charge on any atom is 0.227 e. The number of nitrogens with zero attached hydrogens (tertiary/aromatic N) is 1. The molecule has 1 amide bonds. The smallest absolute Gasteiger partial charge is 0.227 e. The molecule has 1 aliphatic rings. The number of pyridine rings is 1. The van der Waals surface area contributed by atoms with E-state index in [4.69, 9.17) is 0 Å². The third-order valence-electron chi connectivity index (χ3n) is 4.79. The quantitative estimate of drug-likeness (QED) is 0.665. The molecule has 3 aromatic rings. The van der Waals surface area contributed by atoms with Gasteiger partial charge in [-0.25, -0.2) is 8.78 Å². The van der Waals surface area contributed by atoms with Crippen LogP contribution in [0.2, 0.25) is 0 Å². The summed E-state index contributed by atoms with van der Waals surface area (Å²) >= 11 is 0. The summed E-state index contributed by atoms with van der Waals surface area (Å²) in [4.78, 5) is 15.8. The van der Waals surface area contributed by atoms with Crippen LogP contribution in [-0.2, 0) is 4.79 Å². The van der Waals surface area contributed by atoms with Crippen molar-refractivity contribution in [3.63, 3.8) is 0 Å². The van der Waals surface area contributed by atoms with Gasteiger partial charge in [-0.05, 0) is 55.7 Å². The predicted molar refractivity (Wildman–Crippen MR) is 101 cm³/mol. The number of halogens is 2. The lowest BCUT2D eigenvalue weighted by molar-refractivity contribution is -0.117. The average molecular weight is 367 g/mol. The lowest BCUT2D eigenvalue weighted by Gasteiger charge is -2.18. The van der Waals surface area contributed by atoms with Crippen LogP contribution in [0.3, 0.4) is 0 Å². The summed E-state index contributed by atoms with van der Waals surface area (Å²) in [5.74, 6) is -0.860. The predicted octanol–water partition coefficient (Wildman–Crippen LogP) is 5.03. The molecule has 4 rings (SSSR count). The Kier molecular flexibility index (Phi) is 4.48. The third kappa shape index (κ3) is 3.60. The molecular formula is C21H19F2N3O. The second kappa shape index (κ2) is 6.95. The van der Waals surface area contributed by atoms with Crippen molar-refractivity contribution in [2.24, 2.45) is 5.92 Å². The van der Waals surface area contributed by atoms with Gasteiger partial charge in [-0.3, -0.25) is 9.78 Å². The van der Waals surface area contributed by atoms with E-state index in [2.05, 4.69) is 15.6 Å². The van der Waals surface area contributed by atoms with Gasteiger partial charge in [0.1, 0.15) is 17.2 Å². The van der Waals surface area contributed by atoms with Gasteiger partial charge in [0.2, 0.25) is 5.91 Å². The van der Waals surface area contributed by atoms with Crippen LogP contribution in [-0.4, -0.2) is 10.9 Å². The summed E-state index contributed by atoms with van der Waals surface area (Å²) in [7, 11) is 0. The number of amides is 1. The van der Waals surface area contributed by atoms with Crippen molar-refractivity contribution < 1.29 is 13.6 Å². The Bertz CT molecular complexity index is 1000. The highest BCUT2D eigenvalue weighted by molar-refractivity contribution is 5.94. The number of anilines is 2. The maximum atomic E-state index is 14.2. The minimum atomic E-state index is -0.557. The van der Waals surface area contributed by atoms with E-state index in [0.29, 0.717) is 5.69 Å². The summed E-state index contributed by atoms with van der Waals surface area (Å²) in [6.45, 7) is 1.93. The molecular weight excluding hydrogens is 348 g/mol. The zero-order chi connectivity index (χ0) is 19.0. The molecule has 2 N–H and O–H groups in total. The van der Waals surface area contributed by atoms with Gasteiger partial charge in [0.05, 0.1) is 5.39 Å². The molecule has 6 heteroatoms. The second-order valence-corrected chi connectivity index (χ2v) is 6.86. The summed E-state index contributed by atoms with van der Waals surface area (Å²) < 4.78 is 28.2. The van der Waals surface area contributed by atoms with E-state index in [-0.39, 0.29) is 28.8 Å². The van der Waals surface area contributed by atoms with Crippen LogP contribution in [0.15, 0.2) is 48.7 Å². The molecule has 0 saturated heterocycles. The number of nitrogens with one attached hydrogen (secondary N) is 2. The van der Waals surface area contributed by atoms with E-state index in [0.717, 1.165) is 36.2 Å². The Labute approximate surface area is 155 Å². The molecule has 1 heterocycles. The number of carbonyl (C=O) groups excluding carboxylic acids is 1.